The molecule has 0 atom stereocenters. The lowest BCUT2D eigenvalue weighted by Crippen LogP contribution is -2.31. The number of para-hydroxylation sites is 1. The molecule has 2 aromatic rings. The van der Waals surface area contributed by atoms with Crippen molar-refractivity contribution in [2.75, 3.05) is 5.32 Å². The van der Waals surface area contributed by atoms with E-state index in [1.165, 1.54) is 24.3 Å². The highest BCUT2D eigenvalue weighted by Crippen LogP contribution is 2.23. The van der Waals surface area contributed by atoms with Crippen molar-refractivity contribution in [3.63, 3.8) is 0 Å². The first-order chi connectivity index (χ1) is 13.1. The third-order valence-corrected chi connectivity index (χ3v) is 3.66. The fraction of sp³-hybridized carbons (Fsp3) is 0.300. The molecule has 28 heavy (non-hydrogen) atoms. The lowest BCUT2D eigenvalue weighted by atomic mass is 10.1. The van der Waals surface area contributed by atoms with Gasteiger partial charge in [0, 0.05) is 12.5 Å². The average molecular weight is 394 g/mol. The summed E-state index contributed by atoms with van der Waals surface area (Å²) in [4.78, 5) is 24.4. The van der Waals surface area contributed by atoms with E-state index in [4.69, 9.17) is 0 Å². The summed E-state index contributed by atoms with van der Waals surface area (Å²) >= 11 is 0. The second-order valence-corrected chi connectivity index (χ2v) is 6.41. The van der Waals surface area contributed by atoms with E-state index in [0.717, 1.165) is 0 Å². The van der Waals surface area contributed by atoms with E-state index in [2.05, 4.69) is 15.4 Å². The molecule has 0 bridgehead atoms. The summed E-state index contributed by atoms with van der Waals surface area (Å²) in [6.45, 7) is 3.67. The van der Waals surface area contributed by atoms with E-state index in [9.17, 15) is 22.8 Å². The van der Waals surface area contributed by atoms with E-state index in [1.54, 1.807) is 24.3 Å². The molecule has 0 aromatic heterocycles. The summed E-state index contributed by atoms with van der Waals surface area (Å²) in [5.41, 5.74) is 1.45. The van der Waals surface area contributed by atoms with Gasteiger partial charge in [0.2, 0.25) is 5.91 Å². The van der Waals surface area contributed by atoms with Gasteiger partial charge in [-0.25, -0.2) is 0 Å². The average Bonchev–Trinajstić information content (AvgIpc) is 2.59. The molecule has 5 nitrogen and oxygen atoms in total. The number of hydrogen-bond acceptors (Lipinski definition) is 3. The van der Waals surface area contributed by atoms with Crippen molar-refractivity contribution in [1.29, 1.82) is 0 Å². The summed E-state index contributed by atoms with van der Waals surface area (Å²) in [5.74, 6) is -0.905. The zero-order valence-corrected chi connectivity index (χ0v) is 15.5. The zero-order valence-electron chi connectivity index (χ0n) is 15.5. The number of nitrogens with one attached hydrogen (secondary N) is 2. The van der Waals surface area contributed by atoms with E-state index in [0.29, 0.717) is 23.2 Å². The maximum atomic E-state index is 12.2. The van der Waals surface area contributed by atoms with Crippen LogP contribution in [0.4, 0.5) is 18.9 Å². The van der Waals surface area contributed by atoms with Crippen LogP contribution in [0.1, 0.15) is 36.2 Å². The molecule has 0 saturated heterocycles. The SMILES string of the molecule is CC(C)NC(=O)c1ccccc1NC(=O)CCc1ccc(OC(F)(F)F)cc1. The normalized spacial score (nSPS) is 11.2. The van der Waals surface area contributed by atoms with E-state index < -0.39 is 6.36 Å². The Bertz CT molecular complexity index is 818. The highest BCUT2D eigenvalue weighted by molar-refractivity contribution is 6.03. The molecule has 8 heteroatoms. The van der Waals surface area contributed by atoms with Crippen LogP contribution in [-0.2, 0) is 11.2 Å². The van der Waals surface area contributed by atoms with Gasteiger partial charge in [-0.1, -0.05) is 24.3 Å². The lowest BCUT2D eigenvalue weighted by molar-refractivity contribution is -0.274. The van der Waals surface area contributed by atoms with Crippen LogP contribution in [0, 0.1) is 0 Å². The van der Waals surface area contributed by atoms with Crippen molar-refractivity contribution in [3.8, 4) is 5.75 Å². The number of anilines is 1. The number of hydrogen-bond donors (Lipinski definition) is 2. The van der Waals surface area contributed by atoms with Crippen LogP contribution in [0.3, 0.4) is 0 Å². The predicted octanol–water partition coefficient (Wildman–Crippen LogP) is 4.29. The minimum atomic E-state index is -4.74. The Morgan fingerprint density at radius 3 is 2.29 bits per heavy atom. The molecule has 0 aliphatic rings. The summed E-state index contributed by atoms with van der Waals surface area (Å²) in [5, 5.41) is 5.47. The van der Waals surface area contributed by atoms with Gasteiger partial charge in [-0.2, -0.15) is 0 Å². The minimum Gasteiger partial charge on any atom is -0.406 e. The minimum absolute atomic E-state index is 0.0412. The lowest BCUT2D eigenvalue weighted by Gasteiger charge is -2.13. The summed E-state index contributed by atoms with van der Waals surface area (Å²) in [7, 11) is 0. The molecule has 0 radical (unpaired) electrons. The summed E-state index contributed by atoms with van der Waals surface area (Å²) in [6, 6.07) is 12.0. The molecule has 2 N–H and O–H groups in total. The molecule has 0 fully saturated rings. The monoisotopic (exact) mass is 394 g/mol. The number of aryl methyl sites for hydroxylation is 1. The van der Waals surface area contributed by atoms with Gasteiger partial charge in [-0.15, -0.1) is 13.2 Å². The largest absolute Gasteiger partial charge is 0.573 e. The maximum Gasteiger partial charge on any atom is 0.573 e. The molecule has 2 amide bonds. The van der Waals surface area contributed by atoms with Gasteiger partial charge in [0.05, 0.1) is 11.3 Å². The fourth-order valence-corrected chi connectivity index (χ4v) is 2.46. The molecular formula is C20H21F3N2O3. The van der Waals surface area contributed by atoms with Crippen LogP contribution in [-0.4, -0.2) is 24.2 Å². The topological polar surface area (TPSA) is 67.4 Å². The first-order valence-corrected chi connectivity index (χ1v) is 8.68. The fourth-order valence-electron chi connectivity index (χ4n) is 2.46. The van der Waals surface area contributed by atoms with E-state index in [-0.39, 0.29) is 30.0 Å². The van der Waals surface area contributed by atoms with E-state index >= 15 is 0 Å². The second-order valence-electron chi connectivity index (χ2n) is 6.41. The number of halogens is 3. The first kappa shape index (κ1) is 21.3. The zero-order chi connectivity index (χ0) is 20.7. The first-order valence-electron chi connectivity index (χ1n) is 8.68. The molecule has 2 aromatic carbocycles. The number of carbonyl (C=O) groups is 2. The number of ether oxygens (including phenoxy) is 1. The molecule has 0 unspecified atom stereocenters. The number of carbonyl (C=O) groups excluding carboxylic acids is 2. The van der Waals surface area contributed by atoms with E-state index in [1.807, 2.05) is 13.8 Å². The van der Waals surface area contributed by atoms with Gasteiger partial charge in [-0.05, 0) is 50.1 Å². The Balaban J connectivity index is 1.94. The number of alkyl halides is 3. The maximum absolute atomic E-state index is 12.2. The van der Waals surface area contributed by atoms with Crippen LogP contribution in [0.2, 0.25) is 0 Å². The molecule has 0 spiro atoms. The Hall–Kier alpha value is -3.03. The Labute approximate surface area is 160 Å². The third-order valence-electron chi connectivity index (χ3n) is 3.66. The van der Waals surface area contributed by atoms with Crippen LogP contribution < -0.4 is 15.4 Å². The van der Waals surface area contributed by atoms with Gasteiger partial charge in [0.15, 0.2) is 0 Å². The van der Waals surface area contributed by atoms with Gasteiger partial charge in [-0.3, -0.25) is 9.59 Å². The number of amides is 2. The van der Waals surface area contributed by atoms with Crippen molar-refractivity contribution >= 4 is 17.5 Å². The highest BCUT2D eigenvalue weighted by atomic mass is 19.4. The Morgan fingerprint density at radius 2 is 1.68 bits per heavy atom. The predicted molar refractivity (Wildman–Crippen MR) is 99.1 cm³/mol. The van der Waals surface area contributed by atoms with Crippen molar-refractivity contribution in [2.24, 2.45) is 0 Å². The van der Waals surface area contributed by atoms with Crippen LogP contribution >= 0.6 is 0 Å². The third kappa shape index (κ3) is 6.94. The second kappa shape index (κ2) is 9.25. The molecule has 150 valence electrons. The van der Waals surface area contributed by atoms with Crippen molar-refractivity contribution in [2.45, 2.75) is 39.1 Å². The van der Waals surface area contributed by atoms with Crippen LogP contribution in [0.25, 0.3) is 0 Å². The standard InChI is InChI=1S/C20H21F3N2O3/c1-13(2)24-19(27)16-5-3-4-6-17(16)25-18(26)12-9-14-7-10-15(11-8-14)28-20(21,22)23/h3-8,10-11,13H,9,12H2,1-2H3,(H,24,27)(H,25,26). The molecular weight excluding hydrogens is 373 g/mol. The molecule has 0 aliphatic carbocycles. The van der Waals surface area contributed by atoms with Crippen molar-refractivity contribution in [3.05, 3.63) is 59.7 Å². The number of benzene rings is 2. The highest BCUT2D eigenvalue weighted by Gasteiger charge is 2.30. The van der Waals surface area contributed by atoms with Crippen molar-refractivity contribution < 1.29 is 27.5 Å². The van der Waals surface area contributed by atoms with Crippen LogP contribution in [0.5, 0.6) is 5.75 Å². The van der Waals surface area contributed by atoms with Gasteiger partial charge in [0.25, 0.3) is 5.91 Å². The molecule has 0 aliphatic heterocycles. The van der Waals surface area contributed by atoms with Crippen LogP contribution in [0.15, 0.2) is 48.5 Å². The smallest absolute Gasteiger partial charge is 0.406 e. The summed E-state index contributed by atoms with van der Waals surface area (Å²) in [6.07, 6.45) is -4.30. The Morgan fingerprint density at radius 1 is 1.04 bits per heavy atom. The Kier molecular flexibility index (Phi) is 7.03. The molecule has 0 saturated carbocycles. The van der Waals surface area contributed by atoms with Gasteiger partial charge >= 0.3 is 6.36 Å². The molecule has 0 heterocycles. The van der Waals surface area contributed by atoms with Crippen molar-refractivity contribution in [1.82, 2.24) is 5.32 Å². The summed E-state index contributed by atoms with van der Waals surface area (Å²) < 4.78 is 40.3. The number of rotatable bonds is 7. The van der Waals surface area contributed by atoms with Gasteiger partial charge < -0.3 is 15.4 Å². The quantitative estimate of drug-likeness (QED) is 0.736. The molecule has 2 rings (SSSR count). The van der Waals surface area contributed by atoms with Gasteiger partial charge in [0.1, 0.15) is 5.75 Å².